The normalized spacial score (nSPS) is 10.4. The van der Waals surface area contributed by atoms with Gasteiger partial charge in [0.1, 0.15) is 11.4 Å². The summed E-state index contributed by atoms with van der Waals surface area (Å²) >= 11 is 1.99. The first-order valence-electron chi connectivity index (χ1n) is 7.27. The lowest BCUT2D eigenvalue weighted by Gasteiger charge is -2.10. The average molecular weight is 431 g/mol. The van der Waals surface area contributed by atoms with Gasteiger partial charge in [-0.25, -0.2) is 4.98 Å². The number of nitrogens with zero attached hydrogens (tertiary/aromatic N) is 2. The maximum Gasteiger partial charge on any atom is 0.269 e. The second-order valence-corrected chi connectivity index (χ2v) is 6.39. The summed E-state index contributed by atoms with van der Waals surface area (Å²) in [4.78, 5) is 29.4. The van der Waals surface area contributed by atoms with Crippen LogP contribution >= 0.6 is 22.6 Å². The van der Waals surface area contributed by atoms with Crippen LogP contribution in [0.2, 0.25) is 0 Å². The monoisotopic (exact) mass is 431 g/mol. The van der Waals surface area contributed by atoms with Crippen molar-refractivity contribution in [1.82, 2.24) is 9.55 Å². The summed E-state index contributed by atoms with van der Waals surface area (Å²) in [5.74, 6) is -0.0538. The summed E-state index contributed by atoms with van der Waals surface area (Å²) in [6.45, 7) is 1.91. The standard InChI is InChI=1S/C18H14IN3O2/c1-12-7-8-15(20-11-12)21-17(23)16-14(19)9-10-22(18(16)24)13-5-3-2-4-6-13/h2-11H,1H3,(H,20,21,23). The molecule has 2 aromatic heterocycles. The Labute approximate surface area is 152 Å². The molecule has 1 amide bonds. The van der Waals surface area contributed by atoms with Gasteiger partial charge in [-0.1, -0.05) is 24.3 Å². The fourth-order valence-electron chi connectivity index (χ4n) is 2.23. The van der Waals surface area contributed by atoms with Gasteiger partial charge in [-0.3, -0.25) is 14.2 Å². The average Bonchev–Trinajstić information content (AvgIpc) is 2.58. The molecule has 24 heavy (non-hydrogen) atoms. The molecule has 0 spiro atoms. The minimum absolute atomic E-state index is 0.101. The molecule has 0 aliphatic carbocycles. The van der Waals surface area contributed by atoms with Crippen LogP contribution in [0.3, 0.4) is 0 Å². The van der Waals surface area contributed by atoms with Crippen molar-refractivity contribution >= 4 is 34.3 Å². The van der Waals surface area contributed by atoms with E-state index in [1.807, 2.05) is 65.9 Å². The van der Waals surface area contributed by atoms with E-state index in [0.717, 1.165) is 5.56 Å². The third-order valence-corrected chi connectivity index (χ3v) is 4.35. The van der Waals surface area contributed by atoms with Crippen LogP contribution in [0.1, 0.15) is 15.9 Å². The number of hydrogen-bond donors (Lipinski definition) is 1. The topological polar surface area (TPSA) is 64.0 Å². The number of rotatable bonds is 3. The van der Waals surface area contributed by atoms with Crippen LogP contribution in [0.15, 0.2) is 65.7 Å². The van der Waals surface area contributed by atoms with E-state index in [9.17, 15) is 9.59 Å². The number of carbonyl (C=O) groups excluding carboxylic acids is 1. The summed E-state index contributed by atoms with van der Waals surface area (Å²) in [6, 6.07) is 14.5. The van der Waals surface area contributed by atoms with Crippen LogP contribution in [-0.2, 0) is 0 Å². The quantitative estimate of drug-likeness (QED) is 0.647. The van der Waals surface area contributed by atoms with Crippen LogP contribution in [-0.4, -0.2) is 15.5 Å². The minimum atomic E-state index is -0.467. The van der Waals surface area contributed by atoms with Crippen LogP contribution in [0.5, 0.6) is 0 Å². The van der Waals surface area contributed by atoms with Crippen molar-refractivity contribution in [3.8, 4) is 5.69 Å². The van der Waals surface area contributed by atoms with E-state index in [1.54, 1.807) is 24.5 Å². The molecule has 6 heteroatoms. The molecule has 5 nitrogen and oxygen atoms in total. The van der Waals surface area contributed by atoms with Gasteiger partial charge in [0.25, 0.3) is 11.5 Å². The molecule has 0 saturated heterocycles. The third-order valence-electron chi connectivity index (χ3n) is 3.46. The predicted molar refractivity (Wildman–Crippen MR) is 102 cm³/mol. The Morgan fingerprint density at radius 3 is 2.54 bits per heavy atom. The lowest BCUT2D eigenvalue weighted by Crippen LogP contribution is -2.29. The van der Waals surface area contributed by atoms with E-state index in [-0.39, 0.29) is 11.1 Å². The Morgan fingerprint density at radius 1 is 1.12 bits per heavy atom. The molecule has 0 unspecified atom stereocenters. The molecular weight excluding hydrogens is 417 g/mol. The van der Waals surface area contributed by atoms with Gasteiger partial charge < -0.3 is 5.32 Å². The highest BCUT2D eigenvalue weighted by molar-refractivity contribution is 14.1. The molecular formula is C18H14IN3O2. The number of aryl methyl sites for hydroxylation is 1. The second kappa shape index (κ2) is 6.96. The highest BCUT2D eigenvalue weighted by Gasteiger charge is 2.17. The first kappa shape index (κ1) is 16.4. The minimum Gasteiger partial charge on any atom is -0.306 e. The fourth-order valence-corrected chi connectivity index (χ4v) is 2.87. The van der Waals surface area contributed by atoms with Gasteiger partial charge in [0.05, 0.1) is 0 Å². The predicted octanol–water partition coefficient (Wildman–Crippen LogP) is 3.40. The Balaban J connectivity index is 1.99. The maximum atomic E-state index is 12.8. The van der Waals surface area contributed by atoms with Crippen molar-refractivity contribution in [2.24, 2.45) is 0 Å². The summed E-state index contributed by atoms with van der Waals surface area (Å²) in [6.07, 6.45) is 3.33. The van der Waals surface area contributed by atoms with Gasteiger partial charge in [-0.2, -0.15) is 0 Å². The molecule has 120 valence electrons. The third kappa shape index (κ3) is 3.38. The number of hydrogen-bond acceptors (Lipinski definition) is 3. The van der Waals surface area contributed by atoms with Crippen molar-refractivity contribution in [2.45, 2.75) is 6.92 Å². The van der Waals surface area contributed by atoms with Crippen LogP contribution in [0.4, 0.5) is 5.82 Å². The second-order valence-electron chi connectivity index (χ2n) is 5.22. The van der Waals surface area contributed by atoms with Crippen LogP contribution in [0.25, 0.3) is 5.69 Å². The van der Waals surface area contributed by atoms with E-state index >= 15 is 0 Å². The van der Waals surface area contributed by atoms with Gasteiger partial charge in [0, 0.05) is 21.7 Å². The zero-order valence-corrected chi connectivity index (χ0v) is 15.0. The van der Waals surface area contributed by atoms with Gasteiger partial charge in [-0.15, -0.1) is 0 Å². The SMILES string of the molecule is Cc1ccc(NC(=O)c2c(I)ccn(-c3ccccc3)c2=O)nc1. The van der Waals surface area contributed by atoms with E-state index < -0.39 is 5.91 Å². The van der Waals surface area contributed by atoms with Gasteiger partial charge in [0.15, 0.2) is 0 Å². The zero-order chi connectivity index (χ0) is 17.1. The Hall–Kier alpha value is -2.48. The number of nitrogens with one attached hydrogen (secondary N) is 1. The number of carbonyl (C=O) groups is 1. The van der Waals surface area contributed by atoms with Crippen molar-refractivity contribution in [3.63, 3.8) is 0 Å². The first-order chi connectivity index (χ1) is 11.6. The van der Waals surface area contributed by atoms with Gasteiger partial charge >= 0.3 is 0 Å². The lowest BCUT2D eigenvalue weighted by molar-refractivity contribution is 0.102. The number of anilines is 1. The molecule has 0 atom stereocenters. The fraction of sp³-hybridized carbons (Fsp3) is 0.0556. The molecule has 1 N–H and O–H groups in total. The van der Waals surface area contributed by atoms with Crippen LogP contribution < -0.4 is 10.9 Å². The number of pyridine rings is 2. The molecule has 0 radical (unpaired) electrons. The summed E-state index contributed by atoms with van der Waals surface area (Å²) in [5, 5.41) is 2.68. The molecule has 0 aliphatic rings. The Morgan fingerprint density at radius 2 is 1.88 bits per heavy atom. The van der Waals surface area contributed by atoms with Gasteiger partial charge in [-0.05, 0) is 59.3 Å². The molecule has 0 bridgehead atoms. The highest BCUT2D eigenvalue weighted by atomic mass is 127. The number of aromatic nitrogens is 2. The molecule has 0 aliphatic heterocycles. The molecule has 3 rings (SSSR count). The first-order valence-corrected chi connectivity index (χ1v) is 8.35. The molecule has 3 aromatic rings. The van der Waals surface area contributed by atoms with Gasteiger partial charge in [0.2, 0.25) is 0 Å². The number of amides is 1. The molecule has 1 aromatic carbocycles. The largest absolute Gasteiger partial charge is 0.306 e. The van der Waals surface area contributed by atoms with E-state index in [1.165, 1.54) is 4.57 Å². The number of halogens is 1. The van der Waals surface area contributed by atoms with Crippen molar-refractivity contribution in [2.75, 3.05) is 5.32 Å². The number of benzene rings is 1. The lowest BCUT2D eigenvalue weighted by atomic mass is 10.2. The maximum absolute atomic E-state index is 12.8. The zero-order valence-electron chi connectivity index (χ0n) is 12.9. The van der Waals surface area contributed by atoms with Crippen molar-refractivity contribution < 1.29 is 4.79 Å². The molecule has 0 saturated carbocycles. The summed E-state index contributed by atoms with van der Waals surface area (Å²) in [5.41, 5.74) is 1.44. The summed E-state index contributed by atoms with van der Waals surface area (Å²) < 4.78 is 2.05. The molecule has 0 fully saturated rings. The van der Waals surface area contributed by atoms with E-state index in [2.05, 4.69) is 10.3 Å². The van der Waals surface area contributed by atoms with Crippen molar-refractivity contribution in [1.29, 1.82) is 0 Å². The molecule has 2 heterocycles. The smallest absolute Gasteiger partial charge is 0.269 e. The summed E-state index contributed by atoms with van der Waals surface area (Å²) in [7, 11) is 0. The Bertz CT molecular complexity index is 935. The number of para-hydroxylation sites is 1. The van der Waals surface area contributed by atoms with Crippen molar-refractivity contribution in [3.05, 3.63) is 86.0 Å². The highest BCUT2D eigenvalue weighted by Crippen LogP contribution is 2.13. The van der Waals surface area contributed by atoms with Crippen LogP contribution in [0, 0.1) is 10.5 Å². The van der Waals surface area contributed by atoms with E-state index in [0.29, 0.717) is 15.1 Å². The van der Waals surface area contributed by atoms with E-state index in [4.69, 9.17) is 0 Å². The Kier molecular flexibility index (Phi) is 4.75.